The van der Waals surface area contributed by atoms with E-state index in [1.54, 1.807) is 29.2 Å². The number of fused-ring (bicyclic) bond motifs is 1. The summed E-state index contributed by atoms with van der Waals surface area (Å²) in [7, 11) is 0. The Labute approximate surface area is 157 Å². The van der Waals surface area contributed by atoms with Gasteiger partial charge in [0.15, 0.2) is 0 Å². The summed E-state index contributed by atoms with van der Waals surface area (Å²) in [6.45, 7) is 5.75. The molecule has 2 aromatic carbocycles. The molecule has 1 N–H and O–H groups in total. The molecular weight excluding hydrogens is 352 g/mol. The summed E-state index contributed by atoms with van der Waals surface area (Å²) >= 11 is 6.09. The number of nitrogens with zero attached hydrogens (tertiary/aromatic N) is 1. The van der Waals surface area contributed by atoms with Crippen molar-refractivity contribution in [2.24, 2.45) is 0 Å². The van der Waals surface area contributed by atoms with Crippen molar-refractivity contribution >= 4 is 29.1 Å². The van der Waals surface area contributed by atoms with Gasteiger partial charge in [-0.2, -0.15) is 0 Å². The van der Waals surface area contributed by atoms with Gasteiger partial charge in [0.25, 0.3) is 5.91 Å². The van der Waals surface area contributed by atoms with Gasteiger partial charge in [-0.25, -0.2) is 0 Å². The van der Waals surface area contributed by atoms with E-state index in [2.05, 4.69) is 11.9 Å². The van der Waals surface area contributed by atoms with Crippen molar-refractivity contribution in [1.29, 1.82) is 0 Å². The first-order valence-electron chi connectivity index (χ1n) is 8.20. The van der Waals surface area contributed by atoms with Crippen molar-refractivity contribution < 1.29 is 14.3 Å². The molecule has 3 rings (SSSR count). The number of amides is 2. The molecule has 0 aliphatic carbocycles. The fraction of sp³-hybridized carbons (Fsp3) is 0.200. The fourth-order valence-electron chi connectivity index (χ4n) is 3.01. The van der Waals surface area contributed by atoms with Crippen LogP contribution in [0.25, 0.3) is 0 Å². The van der Waals surface area contributed by atoms with Crippen LogP contribution in [0.1, 0.15) is 24.1 Å². The molecule has 26 heavy (non-hydrogen) atoms. The zero-order valence-electron chi connectivity index (χ0n) is 14.4. The predicted octanol–water partition coefficient (Wildman–Crippen LogP) is 3.63. The molecule has 1 atom stereocenters. The lowest BCUT2D eigenvalue weighted by Gasteiger charge is -2.20. The lowest BCUT2D eigenvalue weighted by Crippen LogP contribution is -2.36. The Morgan fingerprint density at radius 1 is 1.35 bits per heavy atom. The Morgan fingerprint density at radius 2 is 2.12 bits per heavy atom. The third-order valence-corrected chi connectivity index (χ3v) is 4.34. The van der Waals surface area contributed by atoms with E-state index in [1.165, 1.54) is 6.92 Å². The van der Waals surface area contributed by atoms with Crippen LogP contribution in [0.3, 0.4) is 0 Å². The SMILES string of the molecule is C=CCOc1ccccc1CN1C(=O)[C@@H](NC(C)=O)c2cc(Cl)ccc21. The molecule has 0 aromatic heterocycles. The maximum atomic E-state index is 13.0. The van der Waals surface area contributed by atoms with Crippen LogP contribution in [0.4, 0.5) is 5.69 Å². The zero-order chi connectivity index (χ0) is 18.7. The Kier molecular flexibility index (Phi) is 5.28. The van der Waals surface area contributed by atoms with E-state index in [0.29, 0.717) is 29.5 Å². The Bertz CT molecular complexity index is 866. The van der Waals surface area contributed by atoms with E-state index in [0.717, 1.165) is 11.3 Å². The molecule has 1 aliphatic heterocycles. The number of carbonyl (C=O) groups excluding carboxylic acids is 2. The maximum Gasteiger partial charge on any atom is 0.254 e. The number of benzene rings is 2. The molecule has 0 radical (unpaired) electrons. The summed E-state index contributed by atoms with van der Waals surface area (Å²) in [5.41, 5.74) is 2.30. The van der Waals surface area contributed by atoms with Gasteiger partial charge in [-0.05, 0) is 24.3 Å². The molecule has 2 aromatic rings. The Hall–Kier alpha value is -2.79. The van der Waals surface area contributed by atoms with Gasteiger partial charge in [-0.15, -0.1) is 0 Å². The second-order valence-electron chi connectivity index (χ2n) is 5.97. The Morgan fingerprint density at radius 3 is 2.85 bits per heavy atom. The molecule has 0 fully saturated rings. The standard InChI is InChI=1S/C20H19ClN2O3/c1-3-10-26-18-7-5-4-6-14(18)12-23-17-9-8-15(21)11-16(17)19(20(23)25)22-13(2)24/h3-9,11,19H,1,10,12H2,2H3,(H,22,24)/t19-/m0/s1. The highest BCUT2D eigenvalue weighted by Gasteiger charge is 2.38. The highest BCUT2D eigenvalue weighted by Crippen LogP contribution is 2.39. The van der Waals surface area contributed by atoms with Gasteiger partial charge in [0.05, 0.1) is 6.54 Å². The maximum absolute atomic E-state index is 13.0. The van der Waals surface area contributed by atoms with Crippen molar-refractivity contribution in [3.05, 3.63) is 71.3 Å². The molecule has 0 saturated carbocycles. The lowest BCUT2D eigenvalue weighted by atomic mass is 10.1. The molecule has 6 heteroatoms. The molecule has 134 valence electrons. The zero-order valence-corrected chi connectivity index (χ0v) is 15.1. The van der Waals surface area contributed by atoms with Gasteiger partial charge in [0, 0.05) is 28.8 Å². The van der Waals surface area contributed by atoms with Crippen molar-refractivity contribution in [3.8, 4) is 5.75 Å². The van der Waals surface area contributed by atoms with Crippen LogP contribution in [0.15, 0.2) is 55.1 Å². The molecule has 0 spiro atoms. The monoisotopic (exact) mass is 370 g/mol. The first kappa shape index (κ1) is 18.0. The number of hydrogen-bond donors (Lipinski definition) is 1. The van der Waals surface area contributed by atoms with E-state index < -0.39 is 6.04 Å². The second-order valence-corrected chi connectivity index (χ2v) is 6.40. The predicted molar refractivity (Wildman–Crippen MR) is 101 cm³/mol. The van der Waals surface area contributed by atoms with E-state index in [1.807, 2.05) is 24.3 Å². The van der Waals surface area contributed by atoms with Gasteiger partial charge in [0.2, 0.25) is 5.91 Å². The first-order valence-corrected chi connectivity index (χ1v) is 8.58. The van der Waals surface area contributed by atoms with Crippen LogP contribution in [-0.4, -0.2) is 18.4 Å². The quantitative estimate of drug-likeness (QED) is 0.790. The number of para-hydroxylation sites is 1. The molecule has 1 heterocycles. The van der Waals surface area contributed by atoms with Crippen molar-refractivity contribution in [3.63, 3.8) is 0 Å². The van der Waals surface area contributed by atoms with Crippen molar-refractivity contribution in [1.82, 2.24) is 5.32 Å². The van der Waals surface area contributed by atoms with Crippen LogP contribution in [0.2, 0.25) is 5.02 Å². The molecule has 1 aliphatic rings. The number of carbonyl (C=O) groups is 2. The number of hydrogen-bond acceptors (Lipinski definition) is 3. The van der Waals surface area contributed by atoms with Crippen LogP contribution < -0.4 is 15.0 Å². The first-order chi connectivity index (χ1) is 12.5. The molecular formula is C20H19ClN2O3. The van der Waals surface area contributed by atoms with Gasteiger partial charge < -0.3 is 15.0 Å². The average molecular weight is 371 g/mol. The average Bonchev–Trinajstić information content (AvgIpc) is 2.86. The lowest BCUT2D eigenvalue weighted by molar-refractivity contribution is -0.126. The van der Waals surface area contributed by atoms with Crippen LogP contribution in [0, 0.1) is 0 Å². The smallest absolute Gasteiger partial charge is 0.254 e. The molecule has 0 bridgehead atoms. The number of ether oxygens (including phenoxy) is 1. The van der Waals surface area contributed by atoms with E-state index >= 15 is 0 Å². The van der Waals surface area contributed by atoms with E-state index in [4.69, 9.17) is 16.3 Å². The summed E-state index contributed by atoms with van der Waals surface area (Å²) < 4.78 is 5.68. The number of anilines is 1. The number of nitrogens with one attached hydrogen (secondary N) is 1. The summed E-state index contributed by atoms with van der Waals surface area (Å²) in [5.74, 6) is 0.223. The highest BCUT2D eigenvalue weighted by atomic mass is 35.5. The van der Waals surface area contributed by atoms with E-state index in [9.17, 15) is 9.59 Å². The third-order valence-electron chi connectivity index (χ3n) is 4.11. The van der Waals surface area contributed by atoms with Gasteiger partial charge in [0.1, 0.15) is 18.4 Å². The number of rotatable bonds is 6. The summed E-state index contributed by atoms with van der Waals surface area (Å²) in [4.78, 5) is 26.1. The van der Waals surface area contributed by atoms with Crippen molar-refractivity contribution in [2.75, 3.05) is 11.5 Å². The molecule has 2 amide bonds. The summed E-state index contributed by atoms with van der Waals surface area (Å²) in [6.07, 6.45) is 1.67. The topological polar surface area (TPSA) is 58.6 Å². The van der Waals surface area contributed by atoms with Gasteiger partial charge in [-0.3, -0.25) is 9.59 Å². The second kappa shape index (κ2) is 7.62. The third kappa shape index (κ3) is 3.58. The minimum atomic E-state index is -0.734. The summed E-state index contributed by atoms with van der Waals surface area (Å²) in [5, 5.41) is 3.22. The van der Waals surface area contributed by atoms with Gasteiger partial charge in [-0.1, -0.05) is 42.5 Å². The van der Waals surface area contributed by atoms with E-state index in [-0.39, 0.29) is 11.8 Å². The largest absolute Gasteiger partial charge is 0.489 e. The number of halogens is 1. The molecule has 0 unspecified atom stereocenters. The fourth-order valence-corrected chi connectivity index (χ4v) is 3.19. The van der Waals surface area contributed by atoms with Crippen molar-refractivity contribution in [2.45, 2.75) is 19.5 Å². The minimum Gasteiger partial charge on any atom is -0.489 e. The van der Waals surface area contributed by atoms with Crippen LogP contribution >= 0.6 is 11.6 Å². The highest BCUT2D eigenvalue weighted by molar-refractivity contribution is 6.31. The van der Waals surface area contributed by atoms with Gasteiger partial charge >= 0.3 is 0 Å². The summed E-state index contributed by atoms with van der Waals surface area (Å²) in [6, 6.07) is 12.0. The molecule has 5 nitrogen and oxygen atoms in total. The minimum absolute atomic E-state index is 0.198. The van der Waals surface area contributed by atoms with Crippen LogP contribution in [-0.2, 0) is 16.1 Å². The van der Waals surface area contributed by atoms with Crippen LogP contribution in [0.5, 0.6) is 5.75 Å². The molecule has 0 saturated heterocycles. The normalized spacial score (nSPS) is 15.5. The Balaban J connectivity index is 1.95.